The van der Waals surface area contributed by atoms with Gasteiger partial charge in [-0.3, -0.25) is 0 Å². The Labute approximate surface area is 188 Å². The van der Waals surface area contributed by atoms with Gasteiger partial charge in [0.2, 0.25) is 0 Å². The molecule has 3 atom stereocenters. The minimum absolute atomic E-state index is 0.00254. The third-order valence-corrected chi connectivity index (χ3v) is 7.04. The number of fused-ring (bicyclic) bond motifs is 2. The second-order valence-electron chi connectivity index (χ2n) is 8.85. The van der Waals surface area contributed by atoms with Gasteiger partial charge in [0.15, 0.2) is 0 Å². The fourth-order valence-electron chi connectivity index (χ4n) is 5.34. The van der Waals surface area contributed by atoms with Crippen molar-refractivity contribution in [3.05, 3.63) is 75.5 Å². The molecule has 0 saturated heterocycles. The van der Waals surface area contributed by atoms with Crippen LogP contribution in [0.5, 0.6) is 0 Å². The number of alkyl halides is 3. The number of aliphatic hydroxyl groups is 1. The van der Waals surface area contributed by atoms with Gasteiger partial charge in [0.05, 0.1) is 23.5 Å². The third-order valence-electron chi connectivity index (χ3n) is 7.04. The Bertz CT molecular complexity index is 1320. The number of imidazole rings is 1. The van der Waals surface area contributed by atoms with E-state index in [1.165, 1.54) is 0 Å². The minimum atomic E-state index is -3.37. The van der Waals surface area contributed by atoms with E-state index in [0.717, 1.165) is 12.1 Å². The summed E-state index contributed by atoms with van der Waals surface area (Å²) in [5.74, 6) is -3.94. The van der Waals surface area contributed by atoms with Crippen LogP contribution in [0.25, 0.3) is 11.3 Å². The van der Waals surface area contributed by atoms with Gasteiger partial charge in [-0.15, -0.1) is 0 Å². The number of nitriles is 1. The smallest absolute Gasteiger partial charge is 0.281 e. The number of hydrogen-bond acceptors (Lipinski definition) is 3. The lowest BCUT2D eigenvalue weighted by atomic mass is 9.74. The van der Waals surface area contributed by atoms with Gasteiger partial charge in [0.25, 0.3) is 5.92 Å². The van der Waals surface area contributed by atoms with E-state index in [2.05, 4.69) is 4.98 Å². The summed E-state index contributed by atoms with van der Waals surface area (Å²) in [5, 5.41) is 20.2. The molecular weight excluding hydrogens is 434 g/mol. The van der Waals surface area contributed by atoms with Gasteiger partial charge in [-0.25, -0.2) is 22.5 Å². The first-order valence-corrected chi connectivity index (χ1v) is 10.7. The Morgan fingerprint density at radius 1 is 1.18 bits per heavy atom. The Morgan fingerprint density at radius 2 is 1.94 bits per heavy atom. The van der Waals surface area contributed by atoms with E-state index in [4.69, 9.17) is 0 Å². The lowest BCUT2D eigenvalue weighted by Gasteiger charge is -2.31. The third kappa shape index (κ3) is 3.17. The largest absolute Gasteiger partial charge is 0.382 e. The summed E-state index contributed by atoms with van der Waals surface area (Å²) in [7, 11) is 1.77. The standard InChI is InChI=1S/C25H21F4N3O/c1-12-31-11-21(32(12)2)17-4-3-15(19-9-25(28,29)24(33)23(17)19)16-5-6-20(27)18-8-14(26)7-13(10-30)22(16)18/h3-4,7-8,11,16,20,24,33H,5-6,9H2,1-2H3/t16-,20?,24+/m1/s1. The molecule has 170 valence electrons. The van der Waals surface area contributed by atoms with E-state index in [0.29, 0.717) is 33.8 Å². The van der Waals surface area contributed by atoms with Crippen molar-refractivity contribution < 1.29 is 22.7 Å². The number of hydrogen-bond donors (Lipinski definition) is 1. The van der Waals surface area contributed by atoms with Crippen LogP contribution < -0.4 is 0 Å². The molecule has 1 unspecified atom stereocenters. The lowest BCUT2D eigenvalue weighted by molar-refractivity contribution is -0.0966. The van der Waals surface area contributed by atoms with Gasteiger partial charge < -0.3 is 9.67 Å². The van der Waals surface area contributed by atoms with Crippen LogP contribution in [0.4, 0.5) is 17.6 Å². The highest BCUT2D eigenvalue weighted by atomic mass is 19.3. The minimum Gasteiger partial charge on any atom is -0.382 e. The van der Waals surface area contributed by atoms with Crippen LogP contribution in [0, 0.1) is 24.1 Å². The van der Waals surface area contributed by atoms with Gasteiger partial charge in [-0.05, 0) is 59.7 Å². The molecule has 2 aliphatic rings. The molecule has 0 saturated carbocycles. The summed E-state index contributed by atoms with van der Waals surface area (Å²) in [6.45, 7) is 1.79. The number of aliphatic hydroxyl groups excluding tert-OH is 1. The number of rotatable bonds is 2. The van der Waals surface area contributed by atoms with E-state index < -0.39 is 36.4 Å². The van der Waals surface area contributed by atoms with E-state index in [9.17, 15) is 27.9 Å². The molecule has 0 radical (unpaired) electrons. The van der Waals surface area contributed by atoms with Gasteiger partial charge in [0.1, 0.15) is 23.9 Å². The zero-order valence-electron chi connectivity index (χ0n) is 18.0. The summed E-state index contributed by atoms with van der Waals surface area (Å²) in [4.78, 5) is 4.24. The predicted octanol–water partition coefficient (Wildman–Crippen LogP) is 5.57. The maximum Gasteiger partial charge on any atom is 0.281 e. The van der Waals surface area contributed by atoms with E-state index >= 15 is 0 Å². The number of aryl methyl sites for hydroxylation is 1. The summed E-state index contributed by atoms with van der Waals surface area (Å²) in [6.07, 6.45) is -2.16. The molecule has 8 heteroatoms. The van der Waals surface area contributed by atoms with Crippen molar-refractivity contribution >= 4 is 0 Å². The number of benzene rings is 2. The summed E-state index contributed by atoms with van der Waals surface area (Å²) in [5.41, 5.74) is 2.43. The fourth-order valence-corrected chi connectivity index (χ4v) is 5.34. The van der Waals surface area contributed by atoms with E-state index in [1.807, 2.05) is 6.07 Å². The SMILES string of the molecule is Cc1ncc(-c2ccc([C@H]3CCC(F)c4cc(F)cc(C#N)c43)c3c2[C@H](O)C(F)(F)C3)n1C. The zero-order chi connectivity index (χ0) is 23.7. The van der Waals surface area contributed by atoms with Crippen molar-refractivity contribution in [3.8, 4) is 17.3 Å². The van der Waals surface area contributed by atoms with Crippen molar-refractivity contribution in [2.24, 2.45) is 7.05 Å². The number of nitrogens with zero attached hydrogens (tertiary/aromatic N) is 3. The summed E-state index contributed by atoms with van der Waals surface area (Å²) in [6, 6.07) is 7.47. The molecule has 0 fully saturated rings. The first kappa shape index (κ1) is 21.7. The number of halogens is 4. The van der Waals surface area contributed by atoms with Crippen molar-refractivity contribution in [2.75, 3.05) is 0 Å². The molecule has 0 amide bonds. The van der Waals surface area contributed by atoms with Crippen molar-refractivity contribution in [3.63, 3.8) is 0 Å². The molecule has 1 N–H and O–H groups in total. The molecule has 2 aliphatic carbocycles. The average molecular weight is 455 g/mol. The maximum atomic E-state index is 14.8. The Morgan fingerprint density at radius 3 is 2.61 bits per heavy atom. The van der Waals surface area contributed by atoms with Crippen molar-refractivity contribution in [1.82, 2.24) is 9.55 Å². The molecule has 0 aliphatic heterocycles. The summed E-state index contributed by atoms with van der Waals surface area (Å²) < 4.78 is 60.1. The first-order valence-electron chi connectivity index (χ1n) is 10.7. The molecule has 4 nitrogen and oxygen atoms in total. The van der Waals surface area contributed by atoms with Crippen LogP contribution in [-0.2, 0) is 13.5 Å². The molecule has 2 aromatic carbocycles. The topological polar surface area (TPSA) is 61.8 Å². The highest BCUT2D eigenvalue weighted by Gasteiger charge is 2.50. The van der Waals surface area contributed by atoms with Crippen LogP contribution >= 0.6 is 0 Å². The van der Waals surface area contributed by atoms with E-state index in [-0.39, 0.29) is 29.5 Å². The van der Waals surface area contributed by atoms with Gasteiger partial charge >= 0.3 is 0 Å². The summed E-state index contributed by atoms with van der Waals surface area (Å²) >= 11 is 0. The molecule has 1 heterocycles. The Balaban J connectivity index is 1.76. The normalized spacial score (nSPS) is 23.2. The number of aromatic nitrogens is 2. The lowest BCUT2D eigenvalue weighted by Crippen LogP contribution is -2.22. The van der Waals surface area contributed by atoms with E-state index in [1.54, 1.807) is 36.9 Å². The van der Waals surface area contributed by atoms with Gasteiger partial charge in [0, 0.05) is 24.9 Å². The van der Waals surface area contributed by atoms with Crippen LogP contribution in [0.3, 0.4) is 0 Å². The molecule has 0 spiro atoms. The Kier molecular flexibility index (Phi) is 4.87. The molecule has 3 aromatic rings. The molecule has 1 aromatic heterocycles. The van der Waals surface area contributed by atoms with Crippen LogP contribution in [0.15, 0.2) is 30.5 Å². The van der Waals surface area contributed by atoms with Gasteiger partial charge in [-0.2, -0.15) is 5.26 Å². The second kappa shape index (κ2) is 7.42. The second-order valence-corrected chi connectivity index (χ2v) is 8.85. The highest BCUT2D eigenvalue weighted by Crippen LogP contribution is 2.53. The maximum absolute atomic E-state index is 14.8. The van der Waals surface area contributed by atoms with Crippen LogP contribution in [-0.4, -0.2) is 20.6 Å². The molecular formula is C25H21F4N3O. The van der Waals surface area contributed by atoms with Crippen LogP contribution in [0.1, 0.15) is 70.2 Å². The highest BCUT2D eigenvalue weighted by molar-refractivity contribution is 5.70. The van der Waals surface area contributed by atoms with Crippen LogP contribution in [0.2, 0.25) is 0 Å². The monoisotopic (exact) mass is 455 g/mol. The zero-order valence-corrected chi connectivity index (χ0v) is 18.0. The fraction of sp³-hybridized carbons (Fsp3) is 0.360. The molecule has 33 heavy (non-hydrogen) atoms. The van der Waals surface area contributed by atoms with Crippen molar-refractivity contribution in [2.45, 2.75) is 50.3 Å². The average Bonchev–Trinajstić information content (AvgIpc) is 3.23. The Hall–Kier alpha value is -3.18. The first-order chi connectivity index (χ1) is 15.6. The van der Waals surface area contributed by atoms with Crippen molar-refractivity contribution in [1.29, 1.82) is 5.26 Å². The predicted molar refractivity (Wildman–Crippen MR) is 113 cm³/mol. The quantitative estimate of drug-likeness (QED) is 0.514. The molecule has 0 bridgehead atoms. The molecule has 5 rings (SSSR count). The van der Waals surface area contributed by atoms with Gasteiger partial charge in [-0.1, -0.05) is 12.1 Å².